The van der Waals surface area contributed by atoms with Crippen LogP contribution in [0.4, 0.5) is 4.39 Å². The predicted octanol–water partition coefficient (Wildman–Crippen LogP) is 5.02. The SMILES string of the molecule is CO/N=C(/C1=NCCCO1)c1ccccc1Oc1ncnc(Oc2ccccc2Cl)c1F. The molecule has 0 amide bonds. The zero-order valence-corrected chi connectivity index (χ0v) is 17.8. The van der Waals surface area contributed by atoms with Crippen LogP contribution < -0.4 is 9.47 Å². The second kappa shape index (κ2) is 10.1. The first-order valence-corrected chi connectivity index (χ1v) is 10.0. The van der Waals surface area contributed by atoms with Crippen molar-refractivity contribution in [2.45, 2.75) is 6.42 Å². The fourth-order valence-corrected chi connectivity index (χ4v) is 3.04. The lowest BCUT2D eigenvalue weighted by molar-refractivity contribution is 0.212. The number of halogens is 2. The molecular weight excluding hydrogens is 439 g/mol. The second-order valence-electron chi connectivity index (χ2n) is 6.44. The van der Waals surface area contributed by atoms with Gasteiger partial charge in [-0.15, -0.1) is 0 Å². The second-order valence-corrected chi connectivity index (χ2v) is 6.85. The third-order valence-electron chi connectivity index (χ3n) is 4.30. The van der Waals surface area contributed by atoms with Crippen molar-refractivity contribution in [1.82, 2.24) is 9.97 Å². The molecule has 1 aromatic heterocycles. The summed E-state index contributed by atoms with van der Waals surface area (Å²) in [6.45, 7) is 1.11. The van der Waals surface area contributed by atoms with Crippen molar-refractivity contribution in [2.75, 3.05) is 20.3 Å². The van der Waals surface area contributed by atoms with E-state index in [1.807, 2.05) is 0 Å². The molecule has 1 aliphatic rings. The maximum atomic E-state index is 15.1. The Morgan fingerprint density at radius 1 is 1.03 bits per heavy atom. The molecule has 32 heavy (non-hydrogen) atoms. The van der Waals surface area contributed by atoms with Crippen LogP contribution in [0.15, 0.2) is 65.0 Å². The number of nitrogens with zero attached hydrogens (tertiary/aromatic N) is 4. The van der Waals surface area contributed by atoms with Gasteiger partial charge in [-0.2, -0.15) is 14.4 Å². The molecule has 8 nitrogen and oxygen atoms in total. The molecule has 0 saturated carbocycles. The van der Waals surface area contributed by atoms with E-state index in [2.05, 4.69) is 20.1 Å². The minimum absolute atomic E-state index is 0.250. The Kier molecular flexibility index (Phi) is 6.76. The summed E-state index contributed by atoms with van der Waals surface area (Å²) in [7, 11) is 1.41. The highest BCUT2D eigenvalue weighted by Gasteiger charge is 2.23. The average molecular weight is 457 g/mol. The van der Waals surface area contributed by atoms with Gasteiger partial charge < -0.3 is 19.0 Å². The minimum Gasteiger partial charge on any atom is -0.476 e. The van der Waals surface area contributed by atoms with E-state index in [0.29, 0.717) is 35.3 Å². The van der Waals surface area contributed by atoms with Crippen molar-refractivity contribution in [3.63, 3.8) is 0 Å². The third-order valence-corrected chi connectivity index (χ3v) is 4.61. The van der Waals surface area contributed by atoms with Crippen LogP contribution in [-0.2, 0) is 9.57 Å². The Balaban J connectivity index is 1.66. The number of hydrogen-bond donors (Lipinski definition) is 0. The first-order chi connectivity index (χ1) is 15.7. The Labute approximate surface area is 188 Å². The molecule has 1 aliphatic heterocycles. The Morgan fingerprint density at radius 3 is 2.41 bits per heavy atom. The van der Waals surface area contributed by atoms with Crippen molar-refractivity contribution < 1.29 is 23.4 Å². The van der Waals surface area contributed by atoms with Crippen molar-refractivity contribution in [2.24, 2.45) is 10.1 Å². The number of aliphatic imine (C=N–C) groups is 1. The molecule has 4 rings (SSSR count). The van der Waals surface area contributed by atoms with E-state index in [1.165, 1.54) is 7.11 Å². The van der Waals surface area contributed by atoms with Crippen LogP contribution in [0.2, 0.25) is 5.02 Å². The highest BCUT2D eigenvalue weighted by molar-refractivity contribution is 6.46. The van der Waals surface area contributed by atoms with Crippen LogP contribution in [0.1, 0.15) is 12.0 Å². The molecule has 0 radical (unpaired) electrons. The summed E-state index contributed by atoms with van der Waals surface area (Å²) in [4.78, 5) is 17.1. The van der Waals surface area contributed by atoms with Gasteiger partial charge in [0, 0.05) is 13.0 Å². The Hall–Kier alpha value is -3.72. The summed E-state index contributed by atoms with van der Waals surface area (Å²) in [5, 5.41) is 4.35. The van der Waals surface area contributed by atoms with Crippen molar-refractivity contribution in [3.05, 3.63) is 71.3 Å². The number of benzene rings is 2. The van der Waals surface area contributed by atoms with Gasteiger partial charge in [0.2, 0.25) is 11.7 Å². The highest BCUT2D eigenvalue weighted by atomic mass is 35.5. The molecule has 0 spiro atoms. The zero-order chi connectivity index (χ0) is 22.3. The van der Waals surface area contributed by atoms with E-state index in [0.717, 1.165) is 12.7 Å². The fourth-order valence-electron chi connectivity index (χ4n) is 2.87. The molecule has 2 heterocycles. The van der Waals surface area contributed by atoms with Gasteiger partial charge in [-0.25, -0.2) is 4.99 Å². The maximum absolute atomic E-state index is 15.1. The number of ether oxygens (including phenoxy) is 3. The molecule has 0 fully saturated rings. The van der Waals surface area contributed by atoms with Gasteiger partial charge in [0.25, 0.3) is 11.8 Å². The predicted molar refractivity (Wildman–Crippen MR) is 116 cm³/mol. The van der Waals surface area contributed by atoms with Gasteiger partial charge in [-0.05, 0) is 24.3 Å². The lowest BCUT2D eigenvalue weighted by atomic mass is 10.1. The van der Waals surface area contributed by atoms with Crippen molar-refractivity contribution >= 4 is 23.2 Å². The normalized spacial score (nSPS) is 13.7. The topological polar surface area (TPSA) is 87.4 Å². The molecule has 164 valence electrons. The highest BCUT2D eigenvalue weighted by Crippen LogP contribution is 2.33. The van der Waals surface area contributed by atoms with E-state index in [1.54, 1.807) is 48.5 Å². The molecule has 10 heteroatoms. The smallest absolute Gasteiger partial charge is 0.263 e. The van der Waals surface area contributed by atoms with Gasteiger partial charge in [0.15, 0.2) is 5.71 Å². The summed E-state index contributed by atoms with van der Waals surface area (Å²) in [5.74, 6) is -0.718. The summed E-state index contributed by atoms with van der Waals surface area (Å²) in [6.07, 6.45) is 1.94. The lowest BCUT2D eigenvalue weighted by Crippen LogP contribution is -2.24. The molecular formula is C22H18ClFN4O4. The van der Waals surface area contributed by atoms with Crippen LogP contribution in [0.3, 0.4) is 0 Å². The fraction of sp³-hybridized carbons (Fsp3) is 0.182. The lowest BCUT2D eigenvalue weighted by Gasteiger charge is -2.17. The number of oxime groups is 1. The van der Waals surface area contributed by atoms with Crippen molar-refractivity contribution in [1.29, 1.82) is 0 Å². The number of aromatic nitrogens is 2. The number of hydrogen-bond acceptors (Lipinski definition) is 8. The first-order valence-electron chi connectivity index (χ1n) is 9.66. The standard InChI is InChI=1S/C22H18ClFN4O4/c1-29-28-19(22-25-11-6-12-30-22)14-7-2-4-9-16(14)31-20-18(24)21(27-13-26-20)32-17-10-5-3-8-15(17)23/h2-5,7-10,13H,6,11-12H2,1H3/b28-19+. The average Bonchev–Trinajstić information content (AvgIpc) is 2.82. The minimum atomic E-state index is -0.890. The molecule has 3 aromatic rings. The third kappa shape index (κ3) is 4.78. The molecule has 0 unspecified atom stereocenters. The van der Waals surface area contributed by atoms with Gasteiger partial charge >= 0.3 is 0 Å². The van der Waals surface area contributed by atoms with E-state index in [-0.39, 0.29) is 23.3 Å². The maximum Gasteiger partial charge on any atom is 0.263 e. The van der Waals surface area contributed by atoms with Gasteiger partial charge in [-0.3, -0.25) is 0 Å². The van der Waals surface area contributed by atoms with Crippen LogP contribution >= 0.6 is 11.6 Å². The molecule has 0 atom stereocenters. The van der Waals surface area contributed by atoms with E-state index < -0.39 is 5.82 Å². The largest absolute Gasteiger partial charge is 0.476 e. The van der Waals surface area contributed by atoms with E-state index >= 15 is 4.39 Å². The van der Waals surface area contributed by atoms with Gasteiger partial charge in [-0.1, -0.05) is 41.0 Å². The van der Waals surface area contributed by atoms with Crippen LogP contribution in [0.5, 0.6) is 23.3 Å². The summed E-state index contributed by atoms with van der Waals surface area (Å²) in [6, 6.07) is 13.5. The monoisotopic (exact) mass is 456 g/mol. The summed E-state index contributed by atoms with van der Waals surface area (Å²) in [5.41, 5.74) is 0.811. The van der Waals surface area contributed by atoms with Gasteiger partial charge in [0.1, 0.15) is 24.9 Å². The zero-order valence-electron chi connectivity index (χ0n) is 17.0. The number of para-hydroxylation sites is 2. The van der Waals surface area contributed by atoms with E-state index in [4.69, 9.17) is 30.6 Å². The van der Waals surface area contributed by atoms with Crippen LogP contribution in [0.25, 0.3) is 0 Å². The van der Waals surface area contributed by atoms with E-state index in [9.17, 15) is 0 Å². The molecule has 0 saturated heterocycles. The van der Waals surface area contributed by atoms with Crippen LogP contribution in [0, 0.1) is 5.82 Å². The molecule has 2 aromatic carbocycles. The Morgan fingerprint density at radius 2 is 1.72 bits per heavy atom. The van der Waals surface area contributed by atoms with Gasteiger partial charge in [0.05, 0.1) is 17.2 Å². The Bertz CT molecular complexity index is 1170. The summed E-state index contributed by atoms with van der Waals surface area (Å²) < 4.78 is 32.0. The molecule has 0 N–H and O–H groups in total. The summed E-state index contributed by atoms with van der Waals surface area (Å²) >= 11 is 6.08. The van der Waals surface area contributed by atoms with Crippen LogP contribution in [-0.4, -0.2) is 41.8 Å². The quantitative estimate of drug-likeness (QED) is 0.366. The number of rotatable bonds is 7. The van der Waals surface area contributed by atoms with Crippen molar-refractivity contribution in [3.8, 4) is 23.3 Å². The molecule has 0 bridgehead atoms. The first kappa shape index (κ1) is 21.5. The molecule has 0 aliphatic carbocycles.